The van der Waals surface area contributed by atoms with Crippen molar-refractivity contribution in [3.63, 3.8) is 0 Å². The highest BCUT2D eigenvalue weighted by Crippen LogP contribution is 2.35. The van der Waals surface area contributed by atoms with Gasteiger partial charge in [0.05, 0.1) is 12.3 Å². The second-order valence-electron chi connectivity index (χ2n) is 4.52. The van der Waals surface area contributed by atoms with Crippen LogP contribution in [-0.2, 0) is 18.3 Å². The van der Waals surface area contributed by atoms with Gasteiger partial charge in [0.2, 0.25) is 0 Å². The number of nitriles is 1. The maximum absolute atomic E-state index is 11.9. The molecule has 0 spiro atoms. The molecule has 1 aliphatic carbocycles. The lowest BCUT2D eigenvalue weighted by molar-refractivity contribution is -0.128. The average Bonchev–Trinajstić information content (AvgIpc) is 2.67. The fourth-order valence-electron chi connectivity index (χ4n) is 2.35. The smallest absolute Gasteiger partial charge is 0.153 e. The van der Waals surface area contributed by atoms with Gasteiger partial charge in [-0.05, 0) is 18.4 Å². The van der Waals surface area contributed by atoms with Crippen LogP contribution in [0.15, 0.2) is 12.4 Å². The number of carbonyl (C=O) groups is 1. The molecule has 4 heteroatoms. The predicted molar refractivity (Wildman–Crippen MR) is 58.4 cm³/mol. The van der Waals surface area contributed by atoms with E-state index in [1.54, 1.807) is 10.9 Å². The lowest BCUT2D eigenvalue weighted by Gasteiger charge is -2.28. The highest BCUT2D eigenvalue weighted by Gasteiger charge is 2.40. The zero-order valence-corrected chi connectivity index (χ0v) is 9.44. The van der Waals surface area contributed by atoms with Gasteiger partial charge in [0, 0.05) is 26.1 Å². The monoisotopic (exact) mass is 217 g/mol. The summed E-state index contributed by atoms with van der Waals surface area (Å²) in [6.07, 6.45) is 7.26. The Hall–Kier alpha value is -1.63. The number of ketones is 1. The number of hydrogen-bond donors (Lipinski definition) is 0. The van der Waals surface area contributed by atoms with Gasteiger partial charge in [-0.25, -0.2) is 0 Å². The van der Waals surface area contributed by atoms with Crippen LogP contribution in [0.1, 0.15) is 31.2 Å². The number of nitrogens with zero attached hydrogens (tertiary/aromatic N) is 3. The summed E-state index contributed by atoms with van der Waals surface area (Å²) >= 11 is 0. The third-order valence-corrected chi connectivity index (χ3v) is 3.27. The Bertz CT molecular complexity index is 443. The van der Waals surface area contributed by atoms with Crippen molar-refractivity contribution in [3.8, 4) is 6.07 Å². The van der Waals surface area contributed by atoms with Gasteiger partial charge in [0.1, 0.15) is 5.41 Å². The minimum atomic E-state index is -0.790. The van der Waals surface area contributed by atoms with Gasteiger partial charge in [0.15, 0.2) is 5.78 Å². The second kappa shape index (κ2) is 4.09. The number of Topliss-reactive ketones (excluding diaryl/α,β-unsaturated/α-hetero) is 1. The summed E-state index contributed by atoms with van der Waals surface area (Å²) in [4.78, 5) is 11.9. The van der Waals surface area contributed by atoms with E-state index in [0.29, 0.717) is 19.3 Å². The first kappa shape index (κ1) is 10.9. The Morgan fingerprint density at radius 2 is 2.44 bits per heavy atom. The lowest BCUT2D eigenvalue weighted by atomic mass is 9.71. The number of aromatic nitrogens is 2. The number of carbonyl (C=O) groups excluding carboxylic acids is 1. The fraction of sp³-hybridized carbons (Fsp3) is 0.583. The Balaban J connectivity index is 2.22. The van der Waals surface area contributed by atoms with Crippen LogP contribution in [0, 0.1) is 16.7 Å². The van der Waals surface area contributed by atoms with Crippen molar-refractivity contribution in [1.29, 1.82) is 5.26 Å². The summed E-state index contributed by atoms with van der Waals surface area (Å²) in [5, 5.41) is 13.4. The van der Waals surface area contributed by atoms with Gasteiger partial charge in [-0.15, -0.1) is 0 Å². The third-order valence-electron chi connectivity index (χ3n) is 3.27. The Morgan fingerprint density at radius 3 is 3.00 bits per heavy atom. The molecule has 0 amide bonds. The van der Waals surface area contributed by atoms with Crippen LogP contribution in [0.2, 0.25) is 0 Å². The molecule has 1 aliphatic rings. The summed E-state index contributed by atoms with van der Waals surface area (Å²) in [6, 6.07) is 2.24. The Kier molecular flexibility index (Phi) is 2.78. The van der Waals surface area contributed by atoms with E-state index in [1.807, 2.05) is 13.2 Å². The van der Waals surface area contributed by atoms with E-state index in [2.05, 4.69) is 11.2 Å². The molecule has 0 saturated heterocycles. The summed E-state index contributed by atoms with van der Waals surface area (Å²) < 4.78 is 1.70. The zero-order valence-electron chi connectivity index (χ0n) is 9.44. The average molecular weight is 217 g/mol. The van der Waals surface area contributed by atoms with Crippen molar-refractivity contribution in [2.45, 2.75) is 32.1 Å². The van der Waals surface area contributed by atoms with Crippen LogP contribution in [-0.4, -0.2) is 15.6 Å². The third kappa shape index (κ3) is 1.85. The maximum Gasteiger partial charge on any atom is 0.153 e. The molecule has 0 bridgehead atoms. The molecular weight excluding hydrogens is 202 g/mol. The SMILES string of the molecule is Cn1cc(CC2(C#N)CCCCC2=O)cn1. The molecule has 1 saturated carbocycles. The molecule has 4 nitrogen and oxygen atoms in total. The van der Waals surface area contributed by atoms with Crippen LogP contribution >= 0.6 is 0 Å². The van der Waals surface area contributed by atoms with Gasteiger partial charge in [0.25, 0.3) is 0 Å². The topological polar surface area (TPSA) is 58.7 Å². The summed E-state index contributed by atoms with van der Waals surface area (Å²) in [5.74, 6) is 0.102. The van der Waals surface area contributed by atoms with Gasteiger partial charge in [-0.2, -0.15) is 10.4 Å². The molecular formula is C12H15N3O. The molecule has 1 unspecified atom stereocenters. The standard InChI is InChI=1S/C12H15N3O/c1-15-8-10(7-14-15)6-12(9-13)5-3-2-4-11(12)16/h7-8H,2-6H2,1H3. The van der Waals surface area contributed by atoms with Crippen LogP contribution < -0.4 is 0 Å². The van der Waals surface area contributed by atoms with Gasteiger partial charge < -0.3 is 0 Å². The van der Waals surface area contributed by atoms with Crippen LogP contribution in [0.25, 0.3) is 0 Å². The summed E-state index contributed by atoms with van der Waals surface area (Å²) in [5.41, 5.74) is 0.181. The molecule has 1 fully saturated rings. The molecule has 16 heavy (non-hydrogen) atoms. The van der Waals surface area contributed by atoms with E-state index in [0.717, 1.165) is 18.4 Å². The summed E-state index contributed by atoms with van der Waals surface area (Å²) in [7, 11) is 1.84. The van der Waals surface area contributed by atoms with Crippen molar-refractivity contribution < 1.29 is 4.79 Å². The van der Waals surface area contributed by atoms with E-state index in [1.165, 1.54) is 0 Å². The summed E-state index contributed by atoms with van der Waals surface area (Å²) in [6.45, 7) is 0. The second-order valence-corrected chi connectivity index (χ2v) is 4.52. The minimum Gasteiger partial charge on any atom is -0.298 e. The normalized spacial score (nSPS) is 25.4. The van der Waals surface area contributed by atoms with Crippen LogP contribution in [0.3, 0.4) is 0 Å². The highest BCUT2D eigenvalue weighted by molar-refractivity contribution is 5.88. The Labute approximate surface area is 94.9 Å². The molecule has 0 aliphatic heterocycles. The molecule has 1 atom stereocenters. The van der Waals surface area contributed by atoms with E-state index in [9.17, 15) is 10.1 Å². The molecule has 2 rings (SSSR count). The minimum absolute atomic E-state index is 0.102. The van der Waals surface area contributed by atoms with E-state index < -0.39 is 5.41 Å². The van der Waals surface area contributed by atoms with Crippen LogP contribution in [0.5, 0.6) is 0 Å². The van der Waals surface area contributed by atoms with Crippen molar-refractivity contribution in [3.05, 3.63) is 18.0 Å². The zero-order chi connectivity index (χ0) is 11.6. The first-order chi connectivity index (χ1) is 7.66. The first-order valence-corrected chi connectivity index (χ1v) is 5.58. The van der Waals surface area contributed by atoms with E-state index in [-0.39, 0.29) is 5.78 Å². The molecule has 1 heterocycles. The highest BCUT2D eigenvalue weighted by atomic mass is 16.1. The lowest BCUT2D eigenvalue weighted by Crippen LogP contribution is -2.34. The van der Waals surface area contributed by atoms with E-state index >= 15 is 0 Å². The first-order valence-electron chi connectivity index (χ1n) is 5.58. The number of rotatable bonds is 2. The van der Waals surface area contributed by atoms with Crippen molar-refractivity contribution in [2.24, 2.45) is 12.5 Å². The van der Waals surface area contributed by atoms with Crippen molar-refractivity contribution in [1.82, 2.24) is 9.78 Å². The Morgan fingerprint density at radius 1 is 1.62 bits per heavy atom. The van der Waals surface area contributed by atoms with Gasteiger partial charge >= 0.3 is 0 Å². The molecule has 1 aromatic heterocycles. The molecule has 0 radical (unpaired) electrons. The van der Waals surface area contributed by atoms with Crippen molar-refractivity contribution >= 4 is 5.78 Å². The van der Waals surface area contributed by atoms with Gasteiger partial charge in [-0.3, -0.25) is 9.48 Å². The van der Waals surface area contributed by atoms with Crippen molar-refractivity contribution in [2.75, 3.05) is 0 Å². The van der Waals surface area contributed by atoms with Crippen LogP contribution in [0.4, 0.5) is 0 Å². The molecule has 1 aromatic rings. The number of hydrogen-bond acceptors (Lipinski definition) is 3. The fourth-order valence-corrected chi connectivity index (χ4v) is 2.35. The number of aryl methyl sites for hydroxylation is 1. The molecule has 0 N–H and O–H groups in total. The largest absolute Gasteiger partial charge is 0.298 e. The van der Waals surface area contributed by atoms with Gasteiger partial charge in [-0.1, -0.05) is 6.42 Å². The predicted octanol–water partition coefficient (Wildman–Crippen LogP) is 1.62. The van der Waals surface area contributed by atoms with E-state index in [4.69, 9.17) is 0 Å². The molecule has 0 aromatic carbocycles. The maximum atomic E-state index is 11.9. The molecule has 84 valence electrons. The quantitative estimate of drug-likeness (QED) is 0.756.